The Bertz CT molecular complexity index is 1080. The normalized spacial score (nSPS) is 20.3. The molecule has 2 heterocycles. The van der Waals surface area contributed by atoms with Gasteiger partial charge in [-0.25, -0.2) is 4.58 Å². The molecule has 3 aromatic rings. The van der Waals surface area contributed by atoms with Crippen molar-refractivity contribution in [3.63, 3.8) is 0 Å². The van der Waals surface area contributed by atoms with Crippen molar-refractivity contribution in [3.8, 4) is 0 Å². The molecule has 0 aromatic heterocycles. The van der Waals surface area contributed by atoms with Crippen molar-refractivity contribution in [3.05, 3.63) is 82.9 Å². The monoisotopic (exact) mass is 368 g/mol. The van der Waals surface area contributed by atoms with Gasteiger partial charge in [0.2, 0.25) is 5.71 Å². The van der Waals surface area contributed by atoms with Crippen molar-refractivity contribution in [1.82, 2.24) is 0 Å². The second-order valence-electron chi connectivity index (χ2n) is 8.69. The predicted octanol–water partition coefficient (Wildman–Crippen LogP) is 6.10. The molecule has 2 aliphatic heterocycles. The number of hydrogen-bond acceptors (Lipinski definition) is 0. The SMILES string of the molecule is CCC1(CC)CC[N+]2=C(c3ccccc31)c1ccc3ccccc3c1CC2C. The van der Waals surface area contributed by atoms with E-state index >= 15 is 0 Å². The Balaban J connectivity index is 1.83. The molecule has 2 aliphatic rings. The third-order valence-corrected chi connectivity index (χ3v) is 7.55. The molecule has 0 fully saturated rings. The minimum atomic E-state index is 0.289. The summed E-state index contributed by atoms with van der Waals surface area (Å²) in [7, 11) is 0. The van der Waals surface area contributed by atoms with Gasteiger partial charge in [0.25, 0.3) is 0 Å². The molecule has 142 valence electrons. The van der Waals surface area contributed by atoms with Gasteiger partial charge in [-0.2, -0.15) is 0 Å². The lowest BCUT2D eigenvalue weighted by atomic mass is 9.71. The van der Waals surface area contributed by atoms with Gasteiger partial charge in [-0.15, -0.1) is 0 Å². The van der Waals surface area contributed by atoms with E-state index in [0.29, 0.717) is 6.04 Å². The van der Waals surface area contributed by atoms with Gasteiger partial charge >= 0.3 is 0 Å². The summed E-state index contributed by atoms with van der Waals surface area (Å²) in [6.07, 6.45) is 4.79. The first kappa shape index (κ1) is 17.7. The van der Waals surface area contributed by atoms with Crippen molar-refractivity contribution in [1.29, 1.82) is 0 Å². The maximum Gasteiger partial charge on any atom is 0.215 e. The fourth-order valence-corrected chi connectivity index (χ4v) is 5.80. The Morgan fingerprint density at radius 2 is 1.64 bits per heavy atom. The number of benzene rings is 3. The van der Waals surface area contributed by atoms with E-state index in [9.17, 15) is 0 Å². The molecule has 1 atom stereocenters. The molecular weight excluding hydrogens is 338 g/mol. The Hall–Kier alpha value is -2.41. The molecule has 0 spiro atoms. The first-order valence-electron chi connectivity index (χ1n) is 10.9. The molecule has 0 N–H and O–H groups in total. The lowest BCUT2D eigenvalue weighted by Crippen LogP contribution is -2.37. The zero-order chi connectivity index (χ0) is 19.3. The van der Waals surface area contributed by atoms with Crippen molar-refractivity contribution in [2.24, 2.45) is 0 Å². The van der Waals surface area contributed by atoms with E-state index in [0.717, 1.165) is 13.0 Å². The van der Waals surface area contributed by atoms with Gasteiger partial charge in [0, 0.05) is 18.3 Å². The first-order chi connectivity index (χ1) is 13.7. The maximum atomic E-state index is 2.71. The van der Waals surface area contributed by atoms with E-state index in [1.54, 1.807) is 5.56 Å². The third kappa shape index (κ3) is 2.42. The molecular formula is C27H30N+. The van der Waals surface area contributed by atoms with Crippen LogP contribution in [0.5, 0.6) is 0 Å². The number of rotatable bonds is 2. The van der Waals surface area contributed by atoms with E-state index in [1.807, 2.05) is 0 Å². The summed E-state index contributed by atoms with van der Waals surface area (Å²) in [5, 5.41) is 2.79. The van der Waals surface area contributed by atoms with Crippen molar-refractivity contribution in [2.45, 2.75) is 57.9 Å². The fraction of sp³-hybridized carbons (Fsp3) is 0.370. The summed E-state index contributed by atoms with van der Waals surface area (Å²) in [4.78, 5) is 0. The van der Waals surface area contributed by atoms with Crippen LogP contribution in [0, 0.1) is 0 Å². The Morgan fingerprint density at radius 3 is 2.46 bits per heavy atom. The van der Waals surface area contributed by atoms with Gasteiger partial charge in [-0.1, -0.05) is 62.4 Å². The van der Waals surface area contributed by atoms with E-state index < -0.39 is 0 Å². The van der Waals surface area contributed by atoms with Crippen LogP contribution in [0.2, 0.25) is 0 Å². The van der Waals surface area contributed by atoms with E-state index in [4.69, 9.17) is 0 Å². The van der Waals surface area contributed by atoms with Gasteiger partial charge in [0.1, 0.15) is 6.54 Å². The van der Waals surface area contributed by atoms with Gasteiger partial charge in [0.05, 0.1) is 11.1 Å². The smallest absolute Gasteiger partial charge is 0.215 e. The van der Waals surface area contributed by atoms with Crippen LogP contribution in [-0.4, -0.2) is 22.9 Å². The van der Waals surface area contributed by atoms with Crippen LogP contribution in [-0.2, 0) is 11.8 Å². The molecule has 1 nitrogen and oxygen atoms in total. The third-order valence-electron chi connectivity index (χ3n) is 7.55. The quantitative estimate of drug-likeness (QED) is 0.481. The van der Waals surface area contributed by atoms with Crippen molar-refractivity contribution in [2.75, 3.05) is 6.54 Å². The molecule has 0 amide bonds. The summed E-state index contributed by atoms with van der Waals surface area (Å²) < 4.78 is 2.71. The molecule has 0 bridgehead atoms. The standard InChI is InChI=1S/C27H30N/c1-4-27(5-2)16-17-28-19(3)18-24-21-11-7-6-10-20(21)14-15-22(24)26(28)23-12-8-9-13-25(23)27/h6-15,19H,4-5,16-18H2,1-3H3/q+1. The second-order valence-corrected chi connectivity index (χ2v) is 8.69. The zero-order valence-electron chi connectivity index (χ0n) is 17.3. The number of hydrogen-bond donors (Lipinski definition) is 0. The van der Waals surface area contributed by atoms with Crippen LogP contribution < -0.4 is 0 Å². The maximum absolute atomic E-state index is 2.71. The molecule has 1 heteroatoms. The van der Waals surface area contributed by atoms with E-state index in [2.05, 4.69) is 86.0 Å². The van der Waals surface area contributed by atoms with Crippen molar-refractivity contribution < 1.29 is 4.58 Å². The van der Waals surface area contributed by atoms with Gasteiger partial charge < -0.3 is 0 Å². The Labute approximate surface area is 168 Å². The molecule has 0 saturated heterocycles. The van der Waals surface area contributed by atoms with Crippen molar-refractivity contribution >= 4 is 16.5 Å². The summed E-state index contributed by atoms with van der Waals surface area (Å²) in [5.74, 6) is 0. The largest absolute Gasteiger partial charge is 0.226 e. The lowest BCUT2D eigenvalue weighted by molar-refractivity contribution is -0.563. The fourth-order valence-electron chi connectivity index (χ4n) is 5.80. The van der Waals surface area contributed by atoms with Crippen LogP contribution in [0.3, 0.4) is 0 Å². The van der Waals surface area contributed by atoms with Crippen LogP contribution in [0.4, 0.5) is 0 Å². The van der Waals surface area contributed by atoms with E-state index in [1.165, 1.54) is 52.4 Å². The molecule has 1 unspecified atom stereocenters. The average Bonchev–Trinajstić information content (AvgIpc) is 2.89. The number of fused-ring (bicyclic) bond motifs is 6. The summed E-state index contributed by atoms with van der Waals surface area (Å²) in [6.45, 7) is 8.32. The molecule has 0 saturated carbocycles. The minimum absolute atomic E-state index is 0.289. The average molecular weight is 369 g/mol. The topological polar surface area (TPSA) is 3.01 Å². The number of nitrogens with zero attached hydrogens (tertiary/aromatic N) is 1. The van der Waals surface area contributed by atoms with Crippen LogP contribution in [0.15, 0.2) is 60.7 Å². The van der Waals surface area contributed by atoms with E-state index in [-0.39, 0.29) is 5.41 Å². The van der Waals surface area contributed by atoms with Gasteiger partial charge in [-0.3, -0.25) is 0 Å². The predicted molar refractivity (Wildman–Crippen MR) is 119 cm³/mol. The summed E-state index contributed by atoms with van der Waals surface area (Å²) >= 11 is 0. The lowest BCUT2D eigenvalue weighted by Gasteiger charge is -2.31. The Morgan fingerprint density at radius 1 is 0.893 bits per heavy atom. The van der Waals surface area contributed by atoms with Crippen LogP contribution in [0.1, 0.15) is 62.3 Å². The summed E-state index contributed by atoms with van der Waals surface area (Å²) in [6, 6.07) is 23.4. The van der Waals surface area contributed by atoms with Gasteiger partial charge in [0.15, 0.2) is 6.04 Å². The molecule has 0 radical (unpaired) electrons. The summed E-state index contributed by atoms with van der Waals surface area (Å²) in [5.41, 5.74) is 7.77. The highest BCUT2D eigenvalue weighted by Gasteiger charge is 2.42. The first-order valence-corrected chi connectivity index (χ1v) is 10.9. The molecule has 0 aliphatic carbocycles. The molecule has 5 rings (SSSR count). The van der Waals surface area contributed by atoms with Crippen LogP contribution in [0.25, 0.3) is 10.8 Å². The molecule has 28 heavy (non-hydrogen) atoms. The zero-order valence-corrected chi connectivity index (χ0v) is 17.3. The van der Waals surface area contributed by atoms with Crippen LogP contribution >= 0.6 is 0 Å². The minimum Gasteiger partial charge on any atom is -0.226 e. The second kappa shape index (κ2) is 6.58. The highest BCUT2D eigenvalue weighted by molar-refractivity contribution is 6.14. The Kier molecular flexibility index (Phi) is 4.16. The van der Waals surface area contributed by atoms with Gasteiger partial charge in [-0.05, 0) is 53.8 Å². The highest BCUT2D eigenvalue weighted by atomic mass is 15.1. The highest BCUT2D eigenvalue weighted by Crippen LogP contribution is 2.42. The molecule has 3 aromatic carbocycles.